The van der Waals surface area contributed by atoms with Gasteiger partial charge in [-0.15, -0.1) is 0 Å². The maximum atomic E-state index is 13.0. The first-order chi connectivity index (χ1) is 12.6. The van der Waals surface area contributed by atoms with E-state index in [9.17, 15) is 13.2 Å². The fourth-order valence-electron chi connectivity index (χ4n) is 3.22. The molecule has 0 aliphatic carbocycles. The lowest BCUT2D eigenvalue weighted by Gasteiger charge is -2.16. The molecule has 26 heavy (non-hydrogen) atoms. The number of Topliss-reactive ketones (excluding diaryl/α,β-unsaturated/α-hetero) is 1. The number of ketones is 1. The van der Waals surface area contributed by atoms with E-state index in [-0.39, 0.29) is 23.8 Å². The smallest absolute Gasteiger partial charge is 0.243 e. The van der Waals surface area contributed by atoms with Crippen LogP contribution in [0.3, 0.4) is 0 Å². The van der Waals surface area contributed by atoms with Gasteiger partial charge in [0.25, 0.3) is 0 Å². The van der Waals surface area contributed by atoms with Crippen molar-refractivity contribution in [3.63, 3.8) is 0 Å². The maximum Gasteiger partial charge on any atom is 0.243 e. The molecule has 0 atom stereocenters. The Morgan fingerprint density at radius 3 is 2.35 bits per heavy atom. The number of fused-ring (bicyclic) bond motifs is 1. The molecule has 5 heteroatoms. The highest BCUT2D eigenvalue weighted by Gasteiger charge is 2.30. The molecule has 1 aliphatic heterocycles. The monoisotopic (exact) mass is 363 g/mol. The summed E-state index contributed by atoms with van der Waals surface area (Å²) >= 11 is 0. The number of carbonyl (C=O) groups is 1. The van der Waals surface area contributed by atoms with Gasteiger partial charge in [0.05, 0.1) is 4.90 Å². The maximum absolute atomic E-state index is 13.0. The van der Waals surface area contributed by atoms with Gasteiger partial charge in [-0.3, -0.25) is 4.79 Å². The van der Waals surface area contributed by atoms with Crippen LogP contribution in [0.25, 0.3) is 10.8 Å². The van der Waals surface area contributed by atoms with Crippen molar-refractivity contribution in [1.29, 1.82) is 0 Å². The molecule has 1 aliphatic rings. The van der Waals surface area contributed by atoms with Crippen molar-refractivity contribution in [3.8, 4) is 0 Å². The lowest BCUT2D eigenvalue weighted by molar-refractivity contribution is 0.103. The fraction of sp³-hybridized carbons (Fsp3) is 0.0952. The quantitative estimate of drug-likeness (QED) is 0.665. The molecule has 0 saturated heterocycles. The Hall–Kier alpha value is -2.76. The average molecular weight is 363 g/mol. The fourth-order valence-corrected chi connectivity index (χ4v) is 4.60. The summed E-state index contributed by atoms with van der Waals surface area (Å²) in [5.74, 6) is -0.118. The van der Waals surface area contributed by atoms with Crippen LogP contribution in [0.5, 0.6) is 0 Å². The van der Waals surface area contributed by atoms with Crippen LogP contribution in [-0.2, 0) is 10.0 Å². The number of carbonyl (C=O) groups excluding carboxylic acids is 1. The van der Waals surface area contributed by atoms with E-state index in [2.05, 4.69) is 0 Å². The van der Waals surface area contributed by atoms with Gasteiger partial charge < -0.3 is 0 Å². The van der Waals surface area contributed by atoms with Crippen molar-refractivity contribution in [2.45, 2.75) is 4.90 Å². The molecule has 0 saturated carbocycles. The molecule has 4 nitrogen and oxygen atoms in total. The van der Waals surface area contributed by atoms with Crippen molar-refractivity contribution in [1.82, 2.24) is 4.31 Å². The van der Waals surface area contributed by atoms with Gasteiger partial charge in [-0.1, -0.05) is 66.7 Å². The van der Waals surface area contributed by atoms with Gasteiger partial charge in [0.1, 0.15) is 0 Å². The van der Waals surface area contributed by atoms with Crippen LogP contribution in [0.2, 0.25) is 0 Å². The molecule has 4 rings (SSSR count). The highest BCUT2D eigenvalue weighted by Crippen LogP contribution is 2.26. The minimum Gasteiger partial charge on any atom is -0.289 e. The van der Waals surface area contributed by atoms with Gasteiger partial charge in [0.2, 0.25) is 10.0 Å². The summed E-state index contributed by atoms with van der Waals surface area (Å²) in [7, 11) is -3.60. The zero-order valence-electron chi connectivity index (χ0n) is 14.0. The molecule has 0 unspecified atom stereocenters. The molecule has 0 fully saturated rings. The summed E-state index contributed by atoms with van der Waals surface area (Å²) in [6.07, 6.45) is 1.71. The van der Waals surface area contributed by atoms with E-state index in [0.29, 0.717) is 11.1 Å². The van der Waals surface area contributed by atoms with Gasteiger partial charge >= 0.3 is 0 Å². The van der Waals surface area contributed by atoms with Crippen LogP contribution in [0.1, 0.15) is 10.4 Å². The van der Waals surface area contributed by atoms with E-state index in [0.717, 1.165) is 10.8 Å². The van der Waals surface area contributed by atoms with Gasteiger partial charge in [-0.2, -0.15) is 4.31 Å². The molecule has 0 spiro atoms. The second kappa shape index (κ2) is 6.52. The third kappa shape index (κ3) is 2.85. The molecular formula is C21H17NO3S. The van der Waals surface area contributed by atoms with Crippen LogP contribution in [0.15, 0.2) is 89.3 Å². The number of rotatable bonds is 4. The molecule has 130 valence electrons. The van der Waals surface area contributed by atoms with Crippen molar-refractivity contribution in [2.75, 3.05) is 13.1 Å². The standard InChI is InChI=1S/C21H17NO3S/c23-21(20-12-6-8-16-7-4-5-11-19(16)20)17-13-14-22(15-17)26(24,25)18-9-2-1-3-10-18/h1-13H,14-15H2. The number of benzene rings is 3. The van der Waals surface area contributed by atoms with E-state index >= 15 is 0 Å². The molecule has 1 heterocycles. The summed E-state index contributed by atoms with van der Waals surface area (Å²) in [6, 6.07) is 21.6. The molecule has 0 aromatic heterocycles. The van der Waals surface area contributed by atoms with Crippen molar-refractivity contribution in [3.05, 3.63) is 90.0 Å². The summed E-state index contributed by atoms with van der Waals surface area (Å²) in [5.41, 5.74) is 1.12. The van der Waals surface area contributed by atoms with E-state index < -0.39 is 10.0 Å². The number of nitrogens with zero attached hydrogens (tertiary/aromatic N) is 1. The van der Waals surface area contributed by atoms with Crippen molar-refractivity contribution >= 4 is 26.6 Å². The Labute approximate surface area is 152 Å². The Morgan fingerprint density at radius 2 is 1.54 bits per heavy atom. The van der Waals surface area contributed by atoms with E-state index in [1.54, 1.807) is 42.5 Å². The van der Waals surface area contributed by atoms with Crippen LogP contribution in [0, 0.1) is 0 Å². The van der Waals surface area contributed by atoms with Crippen molar-refractivity contribution in [2.24, 2.45) is 0 Å². The van der Waals surface area contributed by atoms with Crippen LogP contribution >= 0.6 is 0 Å². The number of hydrogen-bond acceptors (Lipinski definition) is 3. The Morgan fingerprint density at radius 1 is 0.846 bits per heavy atom. The van der Waals surface area contributed by atoms with Crippen LogP contribution < -0.4 is 0 Å². The molecule has 0 radical (unpaired) electrons. The summed E-state index contributed by atoms with van der Waals surface area (Å²) in [6.45, 7) is 0.308. The Bertz CT molecular complexity index is 1110. The predicted octanol–water partition coefficient (Wildman–Crippen LogP) is 3.65. The second-order valence-corrected chi connectivity index (χ2v) is 8.13. The minimum absolute atomic E-state index is 0.0965. The normalized spacial score (nSPS) is 15.2. The van der Waals surface area contributed by atoms with Crippen LogP contribution in [0.4, 0.5) is 0 Å². The topological polar surface area (TPSA) is 54.5 Å². The van der Waals surface area contributed by atoms with Gasteiger partial charge in [0, 0.05) is 24.2 Å². The Kier molecular flexibility index (Phi) is 4.18. The predicted molar refractivity (Wildman–Crippen MR) is 102 cm³/mol. The third-order valence-electron chi connectivity index (χ3n) is 4.59. The van der Waals surface area contributed by atoms with E-state index in [1.807, 2.05) is 36.4 Å². The van der Waals surface area contributed by atoms with E-state index in [4.69, 9.17) is 0 Å². The summed E-state index contributed by atoms with van der Waals surface area (Å²) < 4.78 is 26.8. The van der Waals surface area contributed by atoms with Gasteiger partial charge in [-0.25, -0.2) is 8.42 Å². The lowest BCUT2D eigenvalue weighted by atomic mass is 9.98. The Balaban J connectivity index is 1.62. The van der Waals surface area contributed by atoms with E-state index in [1.165, 1.54) is 4.31 Å². The third-order valence-corrected chi connectivity index (χ3v) is 6.42. The SMILES string of the molecule is O=C(C1=CCN(S(=O)(=O)c2ccccc2)C1)c1cccc2ccccc12. The summed E-state index contributed by atoms with van der Waals surface area (Å²) in [5, 5.41) is 1.87. The number of sulfonamides is 1. The zero-order valence-corrected chi connectivity index (χ0v) is 14.8. The minimum atomic E-state index is -3.60. The first-order valence-corrected chi connectivity index (χ1v) is 9.78. The highest BCUT2D eigenvalue weighted by atomic mass is 32.2. The highest BCUT2D eigenvalue weighted by molar-refractivity contribution is 7.89. The molecule has 3 aromatic rings. The summed E-state index contributed by atoms with van der Waals surface area (Å²) in [4.78, 5) is 13.2. The zero-order chi connectivity index (χ0) is 18.1. The molecular weight excluding hydrogens is 346 g/mol. The van der Waals surface area contributed by atoms with Crippen LogP contribution in [-0.4, -0.2) is 31.6 Å². The average Bonchev–Trinajstić information content (AvgIpc) is 3.19. The molecule has 0 amide bonds. The van der Waals surface area contributed by atoms with Crippen molar-refractivity contribution < 1.29 is 13.2 Å². The molecule has 3 aromatic carbocycles. The molecule has 0 bridgehead atoms. The van der Waals surface area contributed by atoms with Gasteiger partial charge in [-0.05, 0) is 22.9 Å². The first-order valence-electron chi connectivity index (χ1n) is 8.34. The number of hydrogen-bond donors (Lipinski definition) is 0. The largest absolute Gasteiger partial charge is 0.289 e. The van der Waals surface area contributed by atoms with Gasteiger partial charge in [0.15, 0.2) is 5.78 Å². The second-order valence-electron chi connectivity index (χ2n) is 6.20. The molecule has 0 N–H and O–H groups in total. The lowest BCUT2D eigenvalue weighted by Crippen LogP contribution is -2.30. The first kappa shape index (κ1) is 16.7.